The smallest absolute Gasteiger partial charge is 0.249 e. The van der Waals surface area contributed by atoms with E-state index in [0.29, 0.717) is 11.6 Å². The topological polar surface area (TPSA) is 55.1 Å². The molecule has 3 N–H and O–H groups in total. The molecule has 3 heteroatoms. The molecule has 0 heterocycles. The van der Waals surface area contributed by atoms with Gasteiger partial charge in [-0.3, -0.25) is 4.79 Å². The van der Waals surface area contributed by atoms with Crippen molar-refractivity contribution >= 4 is 11.6 Å². The van der Waals surface area contributed by atoms with Crippen LogP contribution in [0.5, 0.6) is 0 Å². The van der Waals surface area contributed by atoms with Crippen molar-refractivity contribution in [2.24, 2.45) is 5.73 Å². The van der Waals surface area contributed by atoms with Crippen LogP contribution in [-0.4, -0.2) is 11.9 Å². The van der Waals surface area contributed by atoms with Gasteiger partial charge in [-0.15, -0.1) is 0 Å². The van der Waals surface area contributed by atoms with Crippen molar-refractivity contribution in [3.05, 3.63) is 29.3 Å². The zero-order valence-electron chi connectivity index (χ0n) is 11.6. The Labute approximate surface area is 110 Å². The first-order valence-corrected chi connectivity index (χ1v) is 6.76. The first-order valence-electron chi connectivity index (χ1n) is 6.76. The van der Waals surface area contributed by atoms with Gasteiger partial charge in [0.25, 0.3) is 0 Å². The molecule has 0 aromatic heterocycles. The Hall–Kier alpha value is -1.51. The minimum absolute atomic E-state index is 0.363. The molecule has 3 nitrogen and oxygen atoms in total. The van der Waals surface area contributed by atoms with Gasteiger partial charge in [0.15, 0.2) is 0 Å². The third-order valence-corrected chi connectivity index (χ3v) is 3.36. The van der Waals surface area contributed by atoms with E-state index in [1.807, 2.05) is 19.1 Å². The van der Waals surface area contributed by atoms with Gasteiger partial charge in [0, 0.05) is 17.3 Å². The minimum atomic E-state index is -0.363. The lowest BCUT2D eigenvalue weighted by Crippen LogP contribution is -2.20. The summed E-state index contributed by atoms with van der Waals surface area (Å²) in [6.45, 7) is 6.32. The van der Waals surface area contributed by atoms with Crippen LogP contribution in [0.2, 0.25) is 0 Å². The lowest BCUT2D eigenvalue weighted by atomic mass is 10.0. The Kier molecular flexibility index (Phi) is 5.69. The normalized spacial score (nSPS) is 12.2. The molecule has 1 unspecified atom stereocenters. The van der Waals surface area contributed by atoms with Crippen molar-refractivity contribution in [1.29, 1.82) is 0 Å². The summed E-state index contributed by atoms with van der Waals surface area (Å²) in [7, 11) is 0. The molecule has 0 aliphatic carbocycles. The third kappa shape index (κ3) is 3.76. The monoisotopic (exact) mass is 248 g/mol. The Bertz CT molecular complexity index is 401. The number of benzene rings is 1. The minimum Gasteiger partial charge on any atom is -0.382 e. The number of hydrogen-bond donors (Lipinski definition) is 2. The molecule has 0 fully saturated rings. The van der Waals surface area contributed by atoms with Crippen LogP contribution in [0.15, 0.2) is 18.2 Å². The van der Waals surface area contributed by atoms with E-state index in [2.05, 4.69) is 19.2 Å². The van der Waals surface area contributed by atoms with E-state index in [-0.39, 0.29) is 5.91 Å². The SMILES string of the molecule is CCCCC(CC)Nc1cccc(C(N)=O)c1C. The van der Waals surface area contributed by atoms with Crippen LogP contribution in [0.1, 0.15) is 55.5 Å². The second-order valence-electron chi connectivity index (χ2n) is 4.73. The Morgan fingerprint density at radius 1 is 1.39 bits per heavy atom. The predicted molar refractivity (Wildman–Crippen MR) is 76.9 cm³/mol. The largest absolute Gasteiger partial charge is 0.382 e. The van der Waals surface area contributed by atoms with Crippen molar-refractivity contribution in [1.82, 2.24) is 0 Å². The van der Waals surface area contributed by atoms with Gasteiger partial charge >= 0.3 is 0 Å². The van der Waals surface area contributed by atoms with Gasteiger partial charge < -0.3 is 11.1 Å². The highest BCUT2D eigenvalue weighted by atomic mass is 16.1. The molecule has 1 rings (SSSR count). The number of nitrogens with one attached hydrogen (secondary N) is 1. The first kappa shape index (κ1) is 14.6. The summed E-state index contributed by atoms with van der Waals surface area (Å²) in [6.07, 6.45) is 4.67. The zero-order chi connectivity index (χ0) is 13.5. The Morgan fingerprint density at radius 2 is 2.11 bits per heavy atom. The average molecular weight is 248 g/mol. The van der Waals surface area contributed by atoms with E-state index in [1.165, 1.54) is 12.8 Å². The summed E-state index contributed by atoms with van der Waals surface area (Å²) < 4.78 is 0. The van der Waals surface area contributed by atoms with Crippen LogP contribution >= 0.6 is 0 Å². The molecule has 0 saturated heterocycles. The number of amides is 1. The molecule has 1 aromatic carbocycles. The molecule has 0 radical (unpaired) electrons. The lowest BCUT2D eigenvalue weighted by Gasteiger charge is -2.20. The van der Waals surface area contributed by atoms with Crippen LogP contribution < -0.4 is 11.1 Å². The molecule has 1 aromatic rings. The average Bonchev–Trinajstić information content (AvgIpc) is 2.36. The predicted octanol–water partition coefficient (Wildman–Crippen LogP) is 3.47. The molecular formula is C15H24N2O. The zero-order valence-corrected chi connectivity index (χ0v) is 11.6. The number of hydrogen-bond acceptors (Lipinski definition) is 2. The van der Waals surface area contributed by atoms with Gasteiger partial charge in [-0.1, -0.05) is 32.8 Å². The quantitative estimate of drug-likeness (QED) is 0.776. The van der Waals surface area contributed by atoms with Gasteiger partial charge in [-0.2, -0.15) is 0 Å². The summed E-state index contributed by atoms with van der Waals surface area (Å²) in [5.74, 6) is -0.363. The standard InChI is InChI=1S/C15H24N2O/c1-4-6-8-12(5-2)17-14-10-7-9-13(11(14)3)15(16)18/h7,9-10,12,17H,4-6,8H2,1-3H3,(H2,16,18). The molecule has 0 aliphatic heterocycles. The summed E-state index contributed by atoms with van der Waals surface area (Å²) >= 11 is 0. The highest BCUT2D eigenvalue weighted by molar-refractivity contribution is 5.95. The Morgan fingerprint density at radius 3 is 2.67 bits per heavy atom. The molecule has 18 heavy (non-hydrogen) atoms. The second-order valence-corrected chi connectivity index (χ2v) is 4.73. The number of carbonyl (C=O) groups is 1. The van der Waals surface area contributed by atoms with Gasteiger partial charge in [-0.05, 0) is 37.5 Å². The lowest BCUT2D eigenvalue weighted by molar-refractivity contribution is 0.1000. The van der Waals surface area contributed by atoms with Gasteiger partial charge in [0.2, 0.25) is 5.91 Å². The van der Waals surface area contributed by atoms with Crippen molar-refractivity contribution in [3.8, 4) is 0 Å². The maximum atomic E-state index is 11.3. The van der Waals surface area contributed by atoms with Gasteiger partial charge in [0.05, 0.1) is 0 Å². The van der Waals surface area contributed by atoms with E-state index in [9.17, 15) is 4.79 Å². The number of unbranched alkanes of at least 4 members (excludes halogenated alkanes) is 1. The van der Waals surface area contributed by atoms with E-state index >= 15 is 0 Å². The summed E-state index contributed by atoms with van der Waals surface area (Å²) in [4.78, 5) is 11.3. The summed E-state index contributed by atoms with van der Waals surface area (Å²) in [5, 5.41) is 3.52. The molecule has 0 bridgehead atoms. The van der Waals surface area contributed by atoms with Crippen LogP contribution in [0.25, 0.3) is 0 Å². The van der Waals surface area contributed by atoms with E-state index < -0.39 is 0 Å². The number of anilines is 1. The van der Waals surface area contributed by atoms with E-state index in [0.717, 1.165) is 24.1 Å². The van der Waals surface area contributed by atoms with Crippen molar-refractivity contribution in [2.45, 2.75) is 52.5 Å². The molecule has 1 amide bonds. The number of rotatable bonds is 7. The van der Waals surface area contributed by atoms with Crippen molar-refractivity contribution in [3.63, 3.8) is 0 Å². The maximum absolute atomic E-state index is 11.3. The molecule has 0 aliphatic rings. The van der Waals surface area contributed by atoms with Crippen LogP contribution in [0.4, 0.5) is 5.69 Å². The summed E-state index contributed by atoms with van der Waals surface area (Å²) in [6, 6.07) is 6.13. The second kappa shape index (κ2) is 7.04. The maximum Gasteiger partial charge on any atom is 0.249 e. The molecule has 0 saturated carbocycles. The van der Waals surface area contributed by atoms with E-state index in [4.69, 9.17) is 5.73 Å². The molecule has 0 spiro atoms. The molecule has 100 valence electrons. The highest BCUT2D eigenvalue weighted by Gasteiger charge is 2.11. The Balaban J connectivity index is 2.83. The first-order chi connectivity index (χ1) is 8.60. The van der Waals surface area contributed by atoms with E-state index in [1.54, 1.807) is 6.07 Å². The van der Waals surface area contributed by atoms with Gasteiger partial charge in [-0.25, -0.2) is 0 Å². The fourth-order valence-electron chi connectivity index (χ4n) is 2.11. The van der Waals surface area contributed by atoms with Crippen LogP contribution in [0.3, 0.4) is 0 Å². The third-order valence-electron chi connectivity index (χ3n) is 3.36. The number of carbonyl (C=O) groups excluding carboxylic acids is 1. The fraction of sp³-hybridized carbons (Fsp3) is 0.533. The van der Waals surface area contributed by atoms with Crippen molar-refractivity contribution < 1.29 is 4.79 Å². The summed E-state index contributed by atoms with van der Waals surface area (Å²) in [5.41, 5.74) is 7.93. The van der Waals surface area contributed by atoms with Crippen LogP contribution in [-0.2, 0) is 0 Å². The fourth-order valence-corrected chi connectivity index (χ4v) is 2.11. The highest BCUT2D eigenvalue weighted by Crippen LogP contribution is 2.21. The number of nitrogens with two attached hydrogens (primary N) is 1. The molecular weight excluding hydrogens is 224 g/mol. The van der Waals surface area contributed by atoms with Crippen LogP contribution in [0, 0.1) is 6.92 Å². The van der Waals surface area contributed by atoms with Crippen molar-refractivity contribution in [2.75, 3.05) is 5.32 Å². The number of primary amides is 1. The van der Waals surface area contributed by atoms with Gasteiger partial charge in [0.1, 0.15) is 0 Å². The molecule has 1 atom stereocenters.